The van der Waals surface area contributed by atoms with Crippen LogP contribution < -0.4 is 10.1 Å². The molecule has 0 spiro atoms. The van der Waals surface area contributed by atoms with Gasteiger partial charge in [0.1, 0.15) is 11.5 Å². The molecule has 0 saturated heterocycles. The monoisotopic (exact) mass is 289 g/mol. The number of halogens is 1. The van der Waals surface area contributed by atoms with E-state index in [0.29, 0.717) is 29.7 Å². The molecule has 0 bridgehead atoms. The third kappa shape index (κ3) is 3.66. The number of ether oxygens (including phenoxy) is 1. The highest BCUT2D eigenvalue weighted by molar-refractivity contribution is 9.10. The van der Waals surface area contributed by atoms with E-state index in [-0.39, 0.29) is 12.4 Å². The molecule has 1 aromatic carbocycles. The van der Waals surface area contributed by atoms with Crippen molar-refractivity contribution in [1.82, 2.24) is 5.32 Å². The fourth-order valence-corrected chi connectivity index (χ4v) is 1.79. The number of benzene rings is 1. The van der Waals surface area contributed by atoms with Crippen LogP contribution in [-0.4, -0.2) is 30.5 Å². The molecule has 0 atom stereocenters. The summed E-state index contributed by atoms with van der Waals surface area (Å²) in [5.74, 6) is 0.918. The number of hydrogen-bond donors (Lipinski definition) is 3. The molecule has 0 aliphatic heterocycles. The molecule has 16 heavy (non-hydrogen) atoms. The molecule has 0 aromatic heterocycles. The third-order valence-corrected chi connectivity index (χ3v) is 2.78. The Labute approximate surface area is 103 Å². The molecule has 0 aliphatic rings. The minimum Gasteiger partial charge on any atom is -0.506 e. The van der Waals surface area contributed by atoms with Crippen molar-refractivity contribution in [3.63, 3.8) is 0 Å². The summed E-state index contributed by atoms with van der Waals surface area (Å²) < 4.78 is 5.73. The highest BCUT2D eigenvalue weighted by atomic mass is 79.9. The lowest BCUT2D eigenvalue weighted by Gasteiger charge is -2.10. The fourth-order valence-electron chi connectivity index (χ4n) is 1.31. The standard InChI is InChI=1S/C11H16BrNO3/c1-16-9-5-8(7-13-3-2-4-14)11(15)10(12)6-9/h5-6,13-15H,2-4,7H2,1H3. The van der Waals surface area contributed by atoms with Gasteiger partial charge >= 0.3 is 0 Å². The van der Waals surface area contributed by atoms with Crippen molar-refractivity contribution < 1.29 is 14.9 Å². The molecular formula is C11H16BrNO3. The second kappa shape index (κ2) is 6.73. The normalized spacial score (nSPS) is 10.4. The smallest absolute Gasteiger partial charge is 0.134 e. The summed E-state index contributed by atoms with van der Waals surface area (Å²) in [5, 5.41) is 21.5. The van der Waals surface area contributed by atoms with Crippen molar-refractivity contribution in [2.75, 3.05) is 20.3 Å². The van der Waals surface area contributed by atoms with E-state index in [9.17, 15) is 5.11 Å². The zero-order valence-electron chi connectivity index (χ0n) is 9.16. The summed E-state index contributed by atoms with van der Waals surface area (Å²) in [7, 11) is 1.59. The zero-order valence-corrected chi connectivity index (χ0v) is 10.7. The number of rotatable bonds is 6. The molecule has 0 fully saturated rings. The van der Waals surface area contributed by atoms with E-state index in [4.69, 9.17) is 9.84 Å². The third-order valence-electron chi connectivity index (χ3n) is 2.18. The minimum atomic E-state index is 0.167. The van der Waals surface area contributed by atoms with Gasteiger partial charge < -0.3 is 20.3 Å². The van der Waals surface area contributed by atoms with Gasteiger partial charge in [0.2, 0.25) is 0 Å². The van der Waals surface area contributed by atoms with Crippen molar-refractivity contribution in [3.8, 4) is 11.5 Å². The van der Waals surface area contributed by atoms with Gasteiger partial charge in [-0.2, -0.15) is 0 Å². The van der Waals surface area contributed by atoms with Gasteiger partial charge in [-0.1, -0.05) is 0 Å². The molecule has 0 amide bonds. The first-order valence-electron chi connectivity index (χ1n) is 5.06. The van der Waals surface area contributed by atoms with Crippen molar-refractivity contribution in [2.45, 2.75) is 13.0 Å². The Morgan fingerprint density at radius 2 is 2.19 bits per heavy atom. The molecule has 0 unspecified atom stereocenters. The largest absolute Gasteiger partial charge is 0.506 e. The highest BCUT2D eigenvalue weighted by Crippen LogP contribution is 2.32. The Balaban J connectivity index is 2.66. The van der Waals surface area contributed by atoms with E-state index in [2.05, 4.69) is 21.2 Å². The van der Waals surface area contributed by atoms with Gasteiger partial charge in [-0.3, -0.25) is 0 Å². The predicted molar refractivity (Wildman–Crippen MR) is 65.8 cm³/mol. The van der Waals surface area contributed by atoms with E-state index in [1.807, 2.05) is 0 Å². The summed E-state index contributed by atoms with van der Waals surface area (Å²) in [4.78, 5) is 0. The van der Waals surface area contributed by atoms with Crippen LogP contribution in [-0.2, 0) is 6.54 Å². The molecule has 3 N–H and O–H groups in total. The molecular weight excluding hydrogens is 274 g/mol. The first-order chi connectivity index (χ1) is 7.69. The molecule has 90 valence electrons. The average molecular weight is 290 g/mol. The van der Waals surface area contributed by atoms with Crippen LogP contribution in [0.25, 0.3) is 0 Å². The maximum absolute atomic E-state index is 9.78. The molecule has 5 heteroatoms. The van der Waals surface area contributed by atoms with Gasteiger partial charge in [0.15, 0.2) is 0 Å². The number of aromatic hydroxyl groups is 1. The van der Waals surface area contributed by atoms with Crippen LogP contribution in [0, 0.1) is 0 Å². The van der Waals surface area contributed by atoms with Crippen LogP contribution in [0.1, 0.15) is 12.0 Å². The van der Waals surface area contributed by atoms with E-state index in [1.54, 1.807) is 19.2 Å². The quantitative estimate of drug-likeness (QED) is 0.697. The van der Waals surface area contributed by atoms with Crippen LogP contribution in [0.5, 0.6) is 11.5 Å². The summed E-state index contributed by atoms with van der Waals surface area (Å²) in [6.45, 7) is 1.42. The van der Waals surface area contributed by atoms with Crippen molar-refractivity contribution in [2.24, 2.45) is 0 Å². The number of aliphatic hydroxyl groups excluding tert-OH is 1. The number of nitrogens with one attached hydrogen (secondary N) is 1. The van der Waals surface area contributed by atoms with E-state index in [0.717, 1.165) is 5.56 Å². The van der Waals surface area contributed by atoms with Gasteiger partial charge in [-0.25, -0.2) is 0 Å². The van der Waals surface area contributed by atoms with Gasteiger partial charge in [-0.05, 0) is 41.0 Å². The van der Waals surface area contributed by atoms with E-state index >= 15 is 0 Å². The van der Waals surface area contributed by atoms with Crippen LogP contribution in [0.2, 0.25) is 0 Å². The topological polar surface area (TPSA) is 61.7 Å². The average Bonchev–Trinajstić information content (AvgIpc) is 2.29. The van der Waals surface area contributed by atoms with Gasteiger partial charge in [0.05, 0.1) is 11.6 Å². The van der Waals surface area contributed by atoms with Crippen molar-refractivity contribution in [1.29, 1.82) is 0 Å². The van der Waals surface area contributed by atoms with Crippen LogP contribution in [0.3, 0.4) is 0 Å². The lowest BCUT2D eigenvalue weighted by molar-refractivity contribution is 0.286. The summed E-state index contributed by atoms with van der Waals surface area (Å²) in [6.07, 6.45) is 0.700. The summed E-state index contributed by atoms with van der Waals surface area (Å²) >= 11 is 3.26. The summed E-state index contributed by atoms with van der Waals surface area (Å²) in [5.41, 5.74) is 0.768. The summed E-state index contributed by atoms with van der Waals surface area (Å²) in [6, 6.07) is 3.50. The second-order valence-corrected chi connectivity index (χ2v) is 4.23. The zero-order chi connectivity index (χ0) is 12.0. The maximum atomic E-state index is 9.78. The van der Waals surface area contributed by atoms with Gasteiger partial charge in [-0.15, -0.1) is 0 Å². The molecule has 0 heterocycles. The Kier molecular flexibility index (Phi) is 5.59. The Bertz CT molecular complexity index is 344. The second-order valence-electron chi connectivity index (χ2n) is 3.37. The molecule has 0 radical (unpaired) electrons. The van der Waals surface area contributed by atoms with Crippen molar-refractivity contribution in [3.05, 3.63) is 22.2 Å². The fraction of sp³-hybridized carbons (Fsp3) is 0.455. The number of methoxy groups -OCH3 is 1. The van der Waals surface area contributed by atoms with E-state index in [1.165, 1.54) is 0 Å². The molecule has 1 rings (SSSR count). The Morgan fingerprint density at radius 1 is 1.44 bits per heavy atom. The minimum absolute atomic E-state index is 0.167. The first-order valence-corrected chi connectivity index (χ1v) is 5.85. The Hall–Kier alpha value is -0.780. The van der Waals surface area contributed by atoms with Crippen LogP contribution >= 0.6 is 15.9 Å². The number of hydrogen-bond acceptors (Lipinski definition) is 4. The van der Waals surface area contributed by atoms with Crippen molar-refractivity contribution >= 4 is 15.9 Å². The Morgan fingerprint density at radius 3 is 2.81 bits per heavy atom. The SMILES string of the molecule is COc1cc(Br)c(O)c(CNCCCO)c1. The van der Waals surface area contributed by atoms with E-state index < -0.39 is 0 Å². The lowest BCUT2D eigenvalue weighted by atomic mass is 10.2. The lowest BCUT2D eigenvalue weighted by Crippen LogP contribution is -2.15. The number of phenolic OH excluding ortho intramolecular Hbond substituents is 1. The highest BCUT2D eigenvalue weighted by Gasteiger charge is 2.08. The molecule has 0 saturated carbocycles. The molecule has 4 nitrogen and oxygen atoms in total. The first kappa shape index (κ1) is 13.3. The number of aliphatic hydroxyl groups is 1. The van der Waals surface area contributed by atoms with Gasteiger partial charge in [0, 0.05) is 18.7 Å². The molecule has 1 aromatic rings. The maximum Gasteiger partial charge on any atom is 0.134 e. The predicted octanol–water partition coefficient (Wildman–Crippen LogP) is 1.64. The molecule has 0 aliphatic carbocycles. The van der Waals surface area contributed by atoms with Gasteiger partial charge in [0.25, 0.3) is 0 Å². The van der Waals surface area contributed by atoms with Crippen LogP contribution in [0.4, 0.5) is 0 Å². The van der Waals surface area contributed by atoms with Crippen LogP contribution in [0.15, 0.2) is 16.6 Å². The number of phenols is 1.